The summed E-state index contributed by atoms with van der Waals surface area (Å²) in [6, 6.07) is 0. The van der Waals surface area contributed by atoms with E-state index in [1.54, 1.807) is 6.08 Å². The third kappa shape index (κ3) is 9.49. The molecular weight excluding hydrogens is 194 g/mol. The van der Waals surface area contributed by atoms with Crippen molar-refractivity contribution in [3.8, 4) is 0 Å². The van der Waals surface area contributed by atoms with Crippen LogP contribution in [0, 0.1) is 0 Å². The van der Waals surface area contributed by atoms with E-state index in [1.165, 1.54) is 12.5 Å². The highest BCUT2D eigenvalue weighted by atomic mass is 32.2. The van der Waals surface area contributed by atoms with Gasteiger partial charge in [0.1, 0.15) is 9.84 Å². The van der Waals surface area contributed by atoms with E-state index in [1.807, 2.05) is 0 Å². The molecule has 0 aromatic heterocycles. The molecule has 0 aromatic carbocycles. The van der Waals surface area contributed by atoms with Crippen molar-refractivity contribution in [2.75, 3.05) is 12.0 Å². The summed E-state index contributed by atoms with van der Waals surface area (Å²) in [4.78, 5) is 3.54. The molecule has 0 N–H and O–H groups in total. The van der Waals surface area contributed by atoms with E-state index in [9.17, 15) is 8.42 Å². The van der Waals surface area contributed by atoms with Gasteiger partial charge in [-0.2, -0.15) is 0 Å². The number of sulfone groups is 1. The van der Waals surface area contributed by atoms with Crippen molar-refractivity contribution in [2.45, 2.75) is 12.8 Å². The van der Waals surface area contributed by atoms with Crippen LogP contribution in [0.15, 0.2) is 17.3 Å². The van der Waals surface area contributed by atoms with E-state index in [4.69, 9.17) is 0 Å². The molecule has 0 unspecified atom stereocenters. The van der Waals surface area contributed by atoms with Crippen LogP contribution in [-0.4, -0.2) is 25.6 Å². The minimum absolute atomic E-state index is 0.221. The lowest BCUT2D eigenvalue weighted by Crippen LogP contribution is -2.01. The van der Waals surface area contributed by atoms with Crippen LogP contribution in [-0.2, 0) is 9.84 Å². The molecule has 0 rings (SSSR count). The van der Waals surface area contributed by atoms with Crippen molar-refractivity contribution < 1.29 is 8.42 Å². The minimum atomic E-state index is -2.82. The van der Waals surface area contributed by atoms with Crippen LogP contribution in [0.25, 0.3) is 0 Å². The summed E-state index contributed by atoms with van der Waals surface area (Å²) in [5, 5.41) is 2.18. The maximum Gasteiger partial charge on any atom is 0.147 e. The number of nitrogens with zero attached hydrogens (tertiary/aromatic N) is 1. The number of unbranched alkanes of at least 4 members (excludes halogenated alkanes) is 1. The molecule has 0 aliphatic carbocycles. The summed E-state index contributed by atoms with van der Waals surface area (Å²) in [7, 11) is -2.82. The zero-order chi connectivity index (χ0) is 9.45. The third-order valence-electron chi connectivity index (χ3n) is 1.12. The number of hydrogen-bond acceptors (Lipinski definition) is 4. The van der Waals surface area contributed by atoms with Gasteiger partial charge in [-0.1, -0.05) is 6.08 Å². The number of thiocarbonyl (C=S) groups is 1. The van der Waals surface area contributed by atoms with Gasteiger partial charge in [0.15, 0.2) is 0 Å². The van der Waals surface area contributed by atoms with Gasteiger partial charge in [0.2, 0.25) is 0 Å². The zero-order valence-electron chi connectivity index (χ0n) is 6.86. The quantitative estimate of drug-likeness (QED) is 0.387. The maximum atomic E-state index is 10.6. The molecular formula is C7H11NO2S2. The van der Waals surface area contributed by atoms with Gasteiger partial charge in [0.05, 0.1) is 10.9 Å². The second-order valence-corrected chi connectivity index (χ2v) is 4.82. The summed E-state index contributed by atoms with van der Waals surface area (Å²) in [5.41, 5.74) is 0. The molecule has 0 atom stereocenters. The van der Waals surface area contributed by atoms with E-state index in [0.717, 1.165) is 0 Å². The van der Waals surface area contributed by atoms with Gasteiger partial charge >= 0.3 is 0 Å². The van der Waals surface area contributed by atoms with Gasteiger partial charge in [-0.3, -0.25) is 0 Å². The standard InChI is InChI=1S/C7H11NO2S2/c1-12(9,10)6-4-2-3-5-8-7-11/h3,5H,2,4,6H2,1H3. The van der Waals surface area contributed by atoms with E-state index >= 15 is 0 Å². The number of rotatable bonds is 5. The van der Waals surface area contributed by atoms with Crippen molar-refractivity contribution in [1.82, 2.24) is 0 Å². The Kier molecular flexibility index (Phi) is 5.80. The van der Waals surface area contributed by atoms with Crippen LogP contribution in [0.2, 0.25) is 0 Å². The summed E-state index contributed by atoms with van der Waals surface area (Å²) in [6.45, 7) is 0. The average Bonchev–Trinajstić information content (AvgIpc) is 1.94. The molecule has 0 heterocycles. The van der Waals surface area contributed by atoms with Crippen LogP contribution in [0.4, 0.5) is 0 Å². The second-order valence-electron chi connectivity index (χ2n) is 2.38. The van der Waals surface area contributed by atoms with Gasteiger partial charge in [-0.05, 0) is 25.1 Å². The first-order chi connectivity index (χ1) is 5.56. The Balaban J connectivity index is 3.53. The molecule has 12 heavy (non-hydrogen) atoms. The smallest absolute Gasteiger partial charge is 0.147 e. The Bertz CT molecular complexity index is 287. The molecule has 0 saturated heterocycles. The normalized spacial score (nSPS) is 11.4. The van der Waals surface area contributed by atoms with Crippen LogP contribution >= 0.6 is 12.2 Å². The fourth-order valence-electron chi connectivity index (χ4n) is 0.621. The van der Waals surface area contributed by atoms with Gasteiger partial charge in [-0.15, -0.1) is 0 Å². The Morgan fingerprint density at radius 1 is 1.58 bits per heavy atom. The fraction of sp³-hybridized carbons (Fsp3) is 0.571. The average molecular weight is 205 g/mol. The second kappa shape index (κ2) is 6.06. The lowest BCUT2D eigenvalue weighted by atomic mass is 10.3. The summed E-state index contributed by atoms with van der Waals surface area (Å²) >= 11 is 4.33. The number of isothiocyanates is 1. The van der Waals surface area contributed by atoms with E-state index in [2.05, 4.69) is 22.4 Å². The topological polar surface area (TPSA) is 46.5 Å². The number of aliphatic imine (C=N–C) groups is 1. The van der Waals surface area contributed by atoms with E-state index < -0.39 is 9.84 Å². The molecule has 3 nitrogen and oxygen atoms in total. The lowest BCUT2D eigenvalue weighted by molar-refractivity contribution is 0.599. The molecule has 0 aliphatic heterocycles. The summed E-state index contributed by atoms with van der Waals surface area (Å²) in [6.07, 6.45) is 5.85. The highest BCUT2D eigenvalue weighted by molar-refractivity contribution is 7.90. The zero-order valence-corrected chi connectivity index (χ0v) is 8.49. The van der Waals surface area contributed by atoms with Crippen molar-refractivity contribution in [3.05, 3.63) is 12.3 Å². The SMILES string of the molecule is CS(=O)(=O)CCCC=CN=C=S. The first-order valence-electron chi connectivity index (χ1n) is 3.46. The van der Waals surface area contributed by atoms with Crippen LogP contribution in [0.1, 0.15) is 12.8 Å². The monoisotopic (exact) mass is 205 g/mol. The third-order valence-corrected chi connectivity index (χ3v) is 2.25. The van der Waals surface area contributed by atoms with Crippen molar-refractivity contribution in [1.29, 1.82) is 0 Å². The fourth-order valence-corrected chi connectivity index (χ4v) is 1.37. The predicted octanol–water partition coefficient (Wildman–Crippen LogP) is 1.43. The largest absolute Gasteiger partial charge is 0.229 e. The van der Waals surface area contributed by atoms with Crippen LogP contribution < -0.4 is 0 Å². The van der Waals surface area contributed by atoms with Gasteiger partial charge in [0, 0.05) is 12.5 Å². The highest BCUT2D eigenvalue weighted by Gasteiger charge is 1.98. The van der Waals surface area contributed by atoms with Crippen LogP contribution in [0.5, 0.6) is 0 Å². The molecule has 0 saturated carbocycles. The summed E-state index contributed by atoms with van der Waals surface area (Å²) < 4.78 is 21.3. The molecule has 0 amide bonds. The van der Waals surface area contributed by atoms with Gasteiger partial charge in [0.25, 0.3) is 0 Å². The van der Waals surface area contributed by atoms with Crippen molar-refractivity contribution >= 4 is 27.2 Å². The molecule has 5 heteroatoms. The van der Waals surface area contributed by atoms with Gasteiger partial charge in [-0.25, -0.2) is 13.4 Å². The lowest BCUT2D eigenvalue weighted by Gasteiger charge is -1.92. The molecule has 0 aromatic rings. The molecule has 68 valence electrons. The molecule has 0 radical (unpaired) electrons. The first-order valence-corrected chi connectivity index (χ1v) is 5.93. The number of allylic oxidation sites excluding steroid dienone is 1. The van der Waals surface area contributed by atoms with E-state index in [0.29, 0.717) is 12.8 Å². The van der Waals surface area contributed by atoms with Crippen molar-refractivity contribution in [3.63, 3.8) is 0 Å². The van der Waals surface area contributed by atoms with Crippen molar-refractivity contribution in [2.24, 2.45) is 4.99 Å². The Labute approximate surface area is 78.1 Å². The number of hydrogen-bond donors (Lipinski definition) is 0. The van der Waals surface area contributed by atoms with E-state index in [-0.39, 0.29) is 5.75 Å². The first kappa shape index (κ1) is 11.5. The minimum Gasteiger partial charge on any atom is -0.229 e. The Morgan fingerprint density at radius 2 is 2.25 bits per heavy atom. The predicted molar refractivity (Wildman–Crippen MR) is 53.1 cm³/mol. The Morgan fingerprint density at radius 3 is 2.75 bits per heavy atom. The highest BCUT2D eigenvalue weighted by Crippen LogP contribution is 1.95. The molecule has 0 bridgehead atoms. The summed E-state index contributed by atoms with van der Waals surface area (Å²) in [5.74, 6) is 0.221. The molecule has 0 spiro atoms. The molecule has 0 aliphatic rings. The molecule has 0 fully saturated rings. The van der Waals surface area contributed by atoms with Gasteiger partial charge < -0.3 is 0 Å². The van der Waals surface area contributed by atoms with Crippen LogP contribution in [0.3, 0.4) is 0 Å². The Hall–Kier alpha value is -0.510. The maximum absolute atomic E-state index is 10.6.